The molecule has 1 aliphatic heterocycles. The molecule has 0 aliphatic carbocycles. The standard InChI is InChI=1S/C17H18F2N2O4/c18-17(19)25-13-3-1-10-5-11(7-20-15(10)6-13)16(23)21-12-2-4-14(8-22)24-9-12/h1,3,5-7,12,14,17,22H,2,4,8-9H2,(H,21,23)/t12-,14+/m1/s1. The van der Waals surface area contributed by atoms with E-state index in [0.29, 0.717) is 29.5 Å². The first-order valence-electron chi connectivity index (χ1n) is 7.93. The van der Waals surface area contributed by atoms with Crippen molar-refractivity contribution in [2.24, 2.45) is 0 Å². The van der Waals surface area contributed by atoms with Gasteiger partial charge in [0.05, 0.1) is 36.4 Å². The summed E-state index contributed by atoms with van der Waals surface area (Å²) >= 11 is 0. The van der Waals surface area contributed by atoms with Gasteiger partial charge in [-0.05, 0) is 31.0 Å². The number of alkyl halides is 2. The van der Waals surface area contributed by atoms with Gasteiger partial charge in [0.2, 0.25) is 0 Å². The van der Waals surface area contributed by atoms with Gasteiger partial charge in [-0.1, -0.05) is 0 Å². The van der Waals surface area contributed by atoms with Crippen molar-refractivity contribution in [3.05, 3.63) is 36.0 Å². The van der Waals surface area contributed by atoms with E-state index in [1.54, 1.807) is 12.1 Å². The molecular weight excluding hydrogens is 334 g/mol. The van der Waals surface area contributed by atoms with E-state index in [2.05, 4.69) is 15.0 Å². The summed E-state index contributed by atoms with van der Waals surface area (Å²) in [5, 5.41) is 12.6. The zero-order chi connectivity index (χ0) is 17.8. The Bertz CT molecular complexity index is 749. The van der Waals surface area contributed by atoms with Crippen LogP contribution in [0.2, 0.25) is 0 Å². The minimum Gasteiger partial charge on any atom is -0.435 e. The SMILES string of the molecule is O=C(N[C@@H]1CC[C@@H](CO)OC1)c1cnc2cc(OC(F)F)ccc2c1. The Labute approximate surface area is 142 Å². The van der Waals surface area contributed by atoms with Gasteiger partial charge in [-0.15, -0.1) is 0 Å². The molecule has 25 heavy (non-hydrogen) atoms. The van der Waals surface area contributed by atoms with Crippen LogP contribution in [0.5, 0.6) is 5.75 Å². The molecule has 2 N–H and O–H groups in total. The molecular formula is C17H18F2N2O4. The minimum absolute atomic E-state index is 0.0185. The van der Waals surface area contributed by atoms with Gasteiger partial charge in [0, 0.05) is 17.6 Å². The number of hydrogen-bond donors (Lipinski definition) is 2. The minimum atomic E-state index is -2.90. The topological polar surface area (TPSA) is 80.7 Å². The lowest BCUT2D eigenvalue weighted by atomic mass is 10.0. The maximum Gasteiger partial charge on any atom is 0.387 e. The number of nitrogens with zero attached hydrogens (tertiary/aromatic N) is 1. The van der Waals surface area contributed by atoms with Gasteiger partial charge in [-0.2, -0.15) is 8.78 Å². The molecule has 134 valence electrons. The number of halogens is 2. The smallest absolute Gasteiger partial charge is 0.387 e. The number of rotatable bonds is 5. The summed E-state index contributed by atoms with van der Waals surface area (Å²) in [4.78, 5) is 16.5. The van der Waals surface area contributed by atoms with Crippen LogP contribution in [0.1, 0.15) is 23.2 Å². The van der Waals surface area contributed by atoms with Crippen LogP contribution in [0.3, 0.4) is 0 Å². The average molecular weight is 352 g/mol. The van der Waals surface area contributed by atoms with Gasteiger partial charge < -0.3 is 19.9 Å². The molecule has 1 saturated heterocycles. The van der Waals surface area contributed by atoms with E-state index in [-0.39, 0.29) is 30.4 Å². The Kier molecular flexibility index (Phi) is 5.40. The van der Waals surface area contributed by atoms with Crippen LogP contribution in [0.15, 0.2) is 30.5 Å². The molecule has 2 heterocycles. The molecule has 0 bridgehead atoms. The highest BCUT2D eigenvalue weighted by Gasteiger charge is 2.23. The molecule has 1 fully saturated rings. The first kappa shape index (κ1) is 17.5. The molecule has 1 aromatic carbocycles. The predicted octanol–water partition coefficient (Wildman–Crippen LogP) is 2.11. The predicted molar refractivity (Wildman–Crippen MR) is 85.7 cm³/mol. The van der Waals surface area contributed by atoms with Crippen molar-refractivity contribution in [3.63, 3.8) is 0 Å². The molecule has 6 nitrogen and oxygen atoms in total. The summed E-state index contributed by atoms with van der Waals surface area (Å²) in [6.45, 7) is -2.57. The normalized spacial score (nSPS) is 20.6. The van der Waals surface area contributed by atoms with E-state index in [0.717, 1.165) is 6.42 Å². The summed E-state index contributed by atoms with van der Waals surface area (Å²) in [6.07, 6.45) is 2.64. The molecule has 3 rings (SSSR count). The van der Waals surface area contributed by atoms with Crippen molar-refractivity contribution in [2.45, 2.75) is 31.6 Å². The van der Waals surface area contributed by atoms with Crippen molar-refractivity contribution in [1.82, 2.24) is 10.3 Å². The average Bonchev–Trinajstić information content (AvgIpc) is 2.61. The number of nitrogens with one attached hydrogen (secondary N) is 1. The molecule has 1 aromatic heterocycles. The van der Waals surface area contributed by atoms with E-state index < -0.39 is 6.61 Å². The van der Waals surface area contributed by atoms with Gasteiger partial charge in [-0.3, -0.25) is 9.78 Å². The summed E-state index contributed by atoms with van der Waals surface area (Å²) in [7, 11) is 0. The summed E-state index contributed by atoms with van der Waals surface area (Å²) < 4.78 is 34.3. The fraction of sp³-hybridized carbons (Fsp3) is 0.412. The molecule has 1 aliphatic rings. The third kappa shape index (κ3) is 4.40. The fourth-order valence-electron chi connectivity index (χ4n) is 2.73. The van der Waals surface area contributed by atoms with E-state index >= 15 is 0 Å². The van der Waals surface area contributed by atoms with Crippen molar-refractivity contribution < 1.29 is 28.2 Å². The monoisotopic (exact) mass is 352 g/mol. The Hall–Kier alpha value is -2.32. The Morgan fingerprint density at radius 3 is 2.92 bits per heavy atom. The Morgan fingerprint density at radius 1 is 1.40 bits per heavy atom. The van der Waals surface area contributed by atoms with E-state index in [4.69, 9.17) is 9.84 Å². The number of pyridine rings is 1. The Balaban J connectivity index is 1.67. The quantitative estimate of drug-likeness (QED) is 0.861. The number of ether oxygens (including phenoxy) is 2. The van der Waals surface area contributed by atoms with Crippen LogP contribution in [0.4, 0.5) is 8.78 Å². The highest BCUT2D eigenvalue weighted by molar-refractivity contribution is 5.97. The second kappa shape index (κ2) is 7.71. The molecule has 2 aromatic rings. The number of aliphatic hydroxyl groups excluding tert-OH is 1. The summed E-state index contributed by atoms with van der Waals surface area (Å²) in [6, 6.07) is 5.90. The molecule has 8 heteroatoms. The number of carbonyl (C=O) groups is 1. The zero-order valence-corrected chi connectivity index (χ0v) is 13.3. The van der Waals surface area contributed by atoms with Crippen molar-refractivity contribution in [3.8, 4) is 5.75 Å². The van der Waals surface area contributed by atoms with Crippen LogP contribution >= 0.6 is 0 Å². The van der Waals surface area contributed by atoms with Crippen molar-refractivity contribution >= 4 is 16.8 Å². The van der Waals surface area contributed by atoms with Gasteiger partial charge in [0.25, 0.3) is 5.91 Å². The van der Waals surface area contributed by atoms with Crippen LogP contribution in [-0.2, 0) is 4.74 Å². The molecule has 0 unspecified atom stereocenters. The number of fused-ring (bicyclic) bond motifs is 1. The second-order valence-corrected chi connectivity index (χ2v) is 5.84. The first-order valence-corrected chi connectivity index (χ1v) is 7.93. The number of benzene rings is 1. The fourth-order valence-corrected chi connectivity index (χ4v) is 2.73. The van der Waals surface area contributed by atoms with Crippen LogP contribution < -0.4 is 10.1 Å². The number of amides is 1. The van der Waals surface area contributed by atoms with Gasteiger partial charge in [0.15, 0.2) is 0 Å². The summed E-state index contributed by atoms with van der Waals surface area (Å²) in [5.41, 5.74) is 0.834. The highest BCUT2D eigenvalue weighted by Crippen LogP contribution is 2.22. The maximum atomic E-state index is 12.3. The molecule has 2 atom stereocenters. The van der Waals surface area contributed by atoms with Crippen LogP contribution in [0.25, 0.3) is 10.9 Å². The third-order valence-corrected chi connectivity index (χ3v) is 4.05. The second-order valence-electron chi connectivity index (χ2n) is 5.84. The van der Waals surface area contributed by atoms with E-state index in [9.17, 15) is 13.6 Å². The lowest BCUT2D eigenvalue weighted by Crippen LogP contribution is -2.43. The summed E-state index contributed by atoms with van der Waals surface area (Å²) in [5.74, 6) is -0.261. The lowest BCUT2D eigenvalue weighted by molar-refractivity contribution is -0.0497. The van der Waals surface area contributed by atoms with Crippen LogP contribution in [-0.4, -0.2) is 48.0 Å². The number of aromatic nitrogens is 1. The van der Waals surface area contributed by atoms with Crippen LogP contribution in [0, 0.1) is 0 Å². The number of aliphatic hydroxyl groups is 1. The number of hydrogen-bond acceptors (Lipinski definition) is 5. The van der Waals surface area contributed by atoms with E-state index in [1.165, 1.54) is 18.3 Å². The third-order valence-electron chi connectivity index (χ3n) is 4.05. The van der Waals surface area contributed by atoms with Gasteiger partial charge in [0.1, 0.15) is 5.75 Å². The molecule has 1 amide bonds. The maximum absolute atomic E-state index is 12.3. The Morgan fingerprint density at radius 2 is 2.24 bits per heavy atom. The lowest BCUT2D eigenvalue weighted by Gasteiger charge is -2.28. The molecule has 0 spiro atoms. The highest BCUT2D eigenvalue weighted by atomic mass is 19.3. The van der Waals surface area contributed by atoms with E-state index in [1.807, 2.05) is 0 Å². The van der Waals surface area contributed by atoms with Crippen molar-refractivity contribution in [2.75, 3.05) is 13.2 Å². The molecule has 0 saturated carbocycles. The van der Waals surface area contributed by atoms with Gasteiger partial charge >= 0.3 is 6.61 Å². The van der Waals surface area contributed by atoms with Gasteiger partial charge in [-0.25, -0.2) is 0 Å². The number of carbonyl (C=O) groups excluding carboxylic acids is 1. The van der Waals surface area contributed by atoms with Crippen molar-refractivity contribution in [1.29, 1.82) is 0 Å². The molecule has 0 radical (unpaired) electrons. The first-order chi connectivity index (χ1) is 12.0. The largest absolute Gasteiger partial charge is 0.435 e. The zero-order valence-electron chi connectivity index (χ0n) is 13.3.